The van der Waals surface area contributed by atoms with Crippen molar-refractivity contribution in [2.45, 2.75) is 13.5 Å². The highest BCUT2D eigenvalue weighted by molar-refractivity contribution is 9.10. The van der Waals surface area contributed by atoms with E-state index in [2.05, 4.69) is 31.5 Å². The second kappa shape index (κ2) is 6.33. The van der Waals surface area contributed by atoms with Crippen molar-refractivity contribution in [3.63, 3.8) is 0 Å². The van der Waals surface area contributed by atoms with Gasteiger partial charge in [-0.1, -0.05) is 29.8 Å². The number of carbonyl (C=O) groups excluding carboxylic acids is 1. The summed E-state index contributed by atoms with van der Waals surface area (Å²) in [6.07, 6.45) is 1.63. The van der Waals surface area contributed by atoms with E-state index in [1.165, 1.54) is 5.56 Å². The van der Waals surface area contributed by atoms with Gasteiger partial charge in [0.05, 0.1) is 0 Å². The number of nitrogens with one attached hydrogen (secondary N) is 2. The van der Waals surface area contributed by atoms with Crippen LogP contribution in [0.3, 0.4) is 0 Å². The average molecular weight is 320 g/mol. The zero-order valence-corrected chi connectivity index (χ0v) is 12.1. The van der Waals surface area contributed by atoms with Gasteiger partial charge in [-0.3, -0.25) is 5.32 Å². The largest absolute Gasteiger partial charge is 0.334 e. The molecule has 0 aliphatic rings. The normalized spacial score (nSPS) is 10.0. The smallest absolute Gasteiger partial charge is 0.320 e. The lowest BCUT2D eigenvalue weighted by atomic mass is 10.1. The summed E-state index contributed by atoms with van der Waals surface area (Å²) in [5, 5.41) is 5.45. The van der Waals surface area contributed by atoms with Crippen LogP contribution in [0.2, 0.25) is 0 Å². The molecule has 0 unspecified atom stereocenters. The third-order valence-electron chi connectivity index (χ3n) is 2.54. The zero-order valence-electron chi connectivity index (χ0n) is 10.5. The standard InChI is InChI=1S/C14H14BrN3O/c1-10-2-4-11(5-3-10)8-17-14(19)18-13-7-6-12(15)9-16-13/h2-7,9H,8H2,1H3,(H2,16,17,18,19). The molecule has 2 N–H and O–H groups in total. The molecule has 2 amide bonds. The van der Waals surface area contributed by atoms with Crippen LogP contribution in [0.4, 0.5) is 10.6 Å². The number of hydrogen-bond acceptors (Lipinski definition) is 2. The number of aromatic nitrogens is 1. The highest BCUT2D eigenvalue weighted by atomic mass is 79.9. The van der Waals surface area contributed by atoms with E-state index in [1.54, 1.807) is 12.3 Å². The fraction of sp³-hybridized carbons (Fsp3) is 0.143. The van der Waals surface area contributed by atoms with Crippen LogP contribution in [0.5, 0.6) is 0 Å². The second-order valence-electron chi connectivity index (χ2n) is 4.15. The van der Waals surface area contributed by atoms with Crippen LogP contribution in [0.25, 0.3) is 0 Å². The van der Waals surface area contributed by atoms with Crippen LogP contribution in [0.15, 0.2) is 47.1 Å². The maximum Gasteiger partial charge on any atom is 0.320 e. The van der Waals surface area contributed by atoms with Crippen LogP contribution < -0.4 is 10.6 Å². The maximum absolute atomic E-state index is 11.7. The number of hydrogen-bond donors (Lipinski definition) is 2. The molecule has 0 saturated heterocycles. The Hall–Kier alpha value is -1.88. The molecule has 2 rings (SSSR count). The van der Waals surface area contributed by atoms with E-state index >= 15 is 0 Å². The quantitative estimate of drug-likeness (QED) is 0.910. The van der Waals surface area contributed by atoms with Gasteiger partial charge in [0.2, 0.25) is 0 Å². The molecule has 0 aliphatic carbocycles. The molecule has 0 aliphatic heterocycles. The molecule has 1 aromatic carbocycles. The Morgan fingerprint density at radius 3 is 2.58 bits per heavy atom. The van der Waals surface area contributed by atoms with Gasteiger partial charge in [0, 0.05) is 17.2 Å². The van der Waals surface area contributed by atoms with E-state index in [0.29, 0.717) is 12.4 Å². The molecule has 0 radical (unpaired) electrons. The van der Waals surface area contributed by atoms with E-state index in [1.807, 2.05) is 37.3 Å². The minimum Gasteiger partial charge on any atom is -0.334 e. The van der Waals surface area contributed by atoms with Crippen LogP contribution in [0.1, 0.15) is 11.1 Å². The van der Waals surface area contributed by atoms with Crippen LogP contribution in [0, 0.1) is 6.92 Å². The zero-order chi connectivity index (χ0) is 13.7. The number of anilines is 1. The summed E-state index contributed by atoms with van der Waals surface area (Å²) < 4.78 is 0.873. The number of halogens is 1. The molecule has 98 valence electrons. The van der Waals surface area contributed by atoms with Crippen molar-refractivity contribution in [2.75, 3.05) is 5.32 Å². The molecule has 1 heterocycles. The molecule has 5 heteroatoms. The molecule has 0 fully saturated rings. The highest BCUT2D eigenvalue weighted by Crippen LogP contribution is 2.10. The second-order valence-corrected chi connectivity index (χ2v) is 5.07. The molecule has 4 nitrogen and oxygen atoms in total. The van der Waals surface area contributed by atoms with E-state index in [0.717, 1.165) is 10.0 Å². The van der Waals surface area contributed by atoms with Crippen molar-refractivity contribution >= 4 is 27.8 Å². The number of nitrogens with zero attached hydrogens (tertiary/aromatic N) is 1. The summed E-state index contributed by atoms with van der Waals surface area (Å²) in [4.78, 5) is 15.7. The van der Waals surface area contributed by atoms with Gasteiger partial charge in [-0.25, -0.2) is 9.78 Å². The van der Waals surface area contributed by atoms with Gasteiger partial charge in [-0.05, 0) is 40.5 Å². The first-order valence-electron chi connectivity index (χ1n) is 5.85. The number of pyridine rings is 1. The van der Waals surface area contributed by atoms with E-state index < -0.39 is 0 Å². The minimum absolute atomic E-state index is 0.268. The Kier molecular flexibility index (Phi) is 4.52. The van der Waals surface area contributed by atoms with Gasteiger partial charge in [-0.15, -0.1) is 0 Å². The molecule has 1 aromatic heterocycles. The molecular weight excluding hydrogens is 306 g/mol. The number of aryl methyl sites for hydroxylation is 1. The Morgan fingerprint density at radius 2 is 1.95 bits per heavy atom. The van der Waals surface area contributed by atoms with Crippen molar-refractivity contribution in [2.24, 2.45) is 0 Å². The Balaban J connectivity index is 1.84. The molecule has 19 heavy (non-hydrogen) atoms. The lowest BCUT2D eigenvalue weighted by Crippen LogP contribution is -2.28. The molecular formula is C14H14BrN3O. The van der Waals surface area contributed by atoms with Crippen LogP contribution in [-0.4, -0.2) is 11.0 Å². The molecule has 0 bridgehead atoms. The summed E-state index contributed by atoms with van der Waals surface area (Å²) >= 11 is 3.29. The first kappa shape index (κ1) is 13.5. The summed E-state index contributed by atoms with van der Waals surface area (Å²) in [6.45, 7) is 2.52. The topological polar surface area (TPSA) is 54.0 Å². The van der Waals surface area contributed by atoms with Crippen LogP contribution >= 0.6 is 15.9 Å². The number of rotatable bonds is 3. The summed E-state index contributed by atoms with van der Waals surface area (Å²) in [5.41, 5.74) is 2.26. The maximum atomic E-state index is 11.7. The van der Waals surface area contributed by atoms with E-state index in [4.69, 9.17) is 0 Å². The molecule has 0 saturated carbocycles. The number of carbonyl (C=O) groups is 1. The van der Waals surface area contributed by atoms with Crippen molar-refractivity contribution in [3.05, 3.63) is 58.2 Å². The summed E-state index contributed by atoms with van der Waals surface area (Å²) in [6, 6.07) is 11.3. The van der Waals surface area contributed by atoms with E-state index in [9.17, 15) is 4.79 Å². The summed E-state index contributed by atoms with van der Waals surface area (Å²) in [7, 11) is 0. The van der Waals surface area contributed by atoms with Gasteiger partial charge in [-0.2, -0.15) is 0 Å². The fourth-order valence-electron chi connectivity index (χ4n) is 1.50. The van der Waals surface area contributed by atoms with Gasteiger partial charge in [0.15, 0.2) is 0 Å². The third-order valence-corrected chi connectivity index (χ3v) is 3.01. The highest BCUT2D eigenvalue weighted by Gasteiger charge is 2.02. The third kappa shape index (κ3) is 4.37. The number of urea groups is 1. The van der Waals surface area contributed by atoms with Crippen molar-refractivity contribution in [1.82, 2.24) is 10.3 Å². The first-order valence-corrected chi connectivity index (χ1v) is 6.65. The SMILES string of the molecule is Cc1ccc(CNC(=O)Nc2ccc(Br)cn2)cc1. The van der Waals surface area contributed by atoms with Crippen molar-refractivity contribution < 1.29 is 4.79 Å². The number of benzene rings is 1. The van der Waals surface area contributed by atoms with Crippen molar-refractivity contribution in [3.8, 4) is 0 Å². The Bertz CT molecular complexity index is 552. The van der Waals surface area contributed by atoms with Gasteiger partial charge < -0.3 is 5.32 Å². The van der Waals surface area contributed by atoms with Gasteiger partial charge >= 0.3 is 6.03 Å². The summed E-state index contributed by atoms with van der Waals surface area (Å²) in [5.74, 6) is 0.518. The predicted molar refractivity (Wildman–Crippen MR) is 79.0 cm³/mol. The fourth-order valence-corrected chi connectivity index (χ4v) is 1.73. The van der Waals surface area contributed by atoms with Crippen LogP contribution in [-0.2, 0) is 6.54 Å². The molecule has 0 spiro atoms. The Labute approximate surface area is 120 Å². The molecule has 0 atom stereocenters. The average Bonchev–Trinajstić information content (AvgIpc) is 2.41. The van der Waals surface area contributed by atoms with Gasteiger partial charge in [0.25, 0.3) is 0 Å². The van der Waals surface area contributed by atoms with E-state index in [-0.39, 0.29) is 6.03 Å². The lowest BCUT2D eigenvalue weighted by molar-refractivity contribution is 0.251. The minimum atomic E-state index is -0.268. The van der Waals surface area contributed by atoms with Crippen molar-refractivity contribution in [1.29, 1.82) is 0 Å². The molecule has 2 aromatic rings. The predicted octanol–water partition coefficient (Wildman–Crippen LogP) is 3.47. The monoisotopic (exact) mass is 319 g/mol. The Morgan fingerprint density at radius 1 is 1.21 bits per heavy atom. The lowest BCUT2D eigenvalue weighted by Gasteiger charge is -2.07. The first-order chi connectivity index (χ1) is 9.13. The van der Waals surface area contributed by atoms with Gasteiger partial charge in [0.1, 0.15) is 5.82 Å². The number of amides is 2.